The SMILES string of the molecule is c1ccc(-c2nc(-c3ccccc3)nc(-c3cccc(-c4ccc5c(c4)-c4ccc(-c6nc(-c7ccccc7)nc(-c7ccccc7)n6)cc4C54C5CC6CC(C5)CC4C6)c3)n2)cc1. The number of nitrogens with zero attached hydrogens (tertiary/aromatic N) is 6. The Labute approximate surface area is 373 Å². The van der Waals surface area contributed by atoms with Crippen LogP contribution >= 0.6 is 0 Å². The minimum Gasteiger partial charge on any atom is -0.208 e. The molecule has 0 N–H and O–H groups in total. The van der Waals surface area contributed by atoms with Crippen LogP contribution in [0.5, 0.6) is 0 Å². The van der Waals surface area contributed by atoms with Crippen molar-refractivity contribution in [2.24, 2.45) is 23.7 Å². The van der Waals surface area contributed by atoms with Gasteiger partial charge in [0, 0.05) is 38.8 Å². The first kappa shape index (κ1) is 37.1. The Morgan fingerprint density at radius 2 is 0.656 bits per heavy atom. The summed E-state index contributed by atoms with van der Waals surface area (Å²) in [7, 11) is 0. The smallest absolute Gasteiger partial charge is 0.164 e. The monoisotopic (exact) mass is 824 g/mol. The number of hydrogen-bond donors (Lipinski definition) is 0. The molecule has 14 rings (SSSR count). The molecule has 2 aromatic heterocycles. The maximum absolute atomic E-state index is 5.19. The highest BCUT2D eigenvalue weighted by Gasteiger charge is 2.61. The lowest BCUT2D eigenvalue weighted by Gasteiger charge is -2.61. The van der Waals surface area contributed by atoms with Crippen molar-refractivity contribution in [1.29, 1.82) is 0 Å². The summed E-state index contributed by atoms with van der Waals surface area (Å²) in [6.07, 6.45) is 6.65. The van der Waals surface area contributed by atoms with Gasteiger partial charge < -0.3 is 0 Å². The number of hydrogen-bond acceptors (Lipinski definition) is 6. The molecule has 7 aromatic carbocycles. The summed E-state index contributed by atoms with van der Waals surface area (Å²) in [4.78, 5) is 30.5. The van der Waals surface area contributed by atoms with Crippen molar-refractivity contribution in [2.45, 2.75) is 37.5 Å². The van der Waals surface area contributed by atoms with Crippen LogP contribution in [0.3, 0.4) is 0 Å². The fourth-order valence-electron chi connectivity index (χ4n) is 12.2. The van der Waals surface area contributed by atoms with Gasteiger partial charge in [0.15, 0.2) is 34.9 Å². The van der Waals surface area contributed by atoms with Crippen LogP contribution in [-0.2, 0) is 5.41 Å². The van der Waals surface area contributed by atoms with E-state index in [1.54, 1.807) is 0 Å². The summed E-state index contributed by atoms with van der Waals surface area (Å²) in [5.74, 6) is 7.00. The Kier molecular flexibility index (Phi) is 8.61. The van der Waals surface area contributed by atoms with Crippen molar-refractivity contribution >= 4 is 0 Å². The molecule has 6 nitrogen and oxygen atoms in total. The molecule has 1 spiro atoms. The minimum absolute atomic E-state index is 0.0292. The molecule has 6 heteroatoms. The molecule has 0 amide bonds. The summed E-state index contributed by atoms with van der Waals surface area (Å²) in [5.41, 5.74) is 13.9. The predicted octanol–water partition coefficient (Wildman–Crippen LogP) is 13.4. The standard InChI is InChI=1S/C58H44N6/c1-5-14-38(15-6-1)52-59-53(39-16-7-2-8-17-39)62-56(61-52)44-23-13-22-42(33-44)43-25-27-50-49(34-43)48-26-24-45(35-51(48)58(50)46-29-36-28-37(31-46)32-47(58)30-36)57-63-54(40-18-9-3-10-19-40)60-55(64-57)41-20-11-4-12-21-41/h1-27,33-37,46-47H,28-32H2. The maximum Gasteiger partial charge on any atom is 0.164 e. The van der Waals surface area contributed by atoms with Crippen LogP contribution in [0.15, 0.2) is 182 Å². The Balaban J connectivity index is 0.944. The van der Waals surface area contributed by atoms with Crippen molar-refractivity contribution in [1.82, 2.24) is 29.9 Å². The summed E-state index contributed by atoms with van der Waals surface area (Å²) >= 11 is 0. The first-order valence-electron chi connectivity index (χ1n) is 22.8. The molecule has 4 bridgehead atoms. The molecular formula is C58H44N6. The van der Waals surface area contributed by atoms with Crippen molar-refractivity contribution in [3.8, 4) is 90.6 Å². The van der Waals surface area contributed by atoms with Gasteiger partial charge in [0.05, 0.1) is 0 Å². The Morgan fingerprint density at radius 3 is 1.12 bits per heavy atom. The van der Waals surface area contributed by atoms with Gasteiger partial charge in [-0.1, -0.05) is 164 Å². The van der Waals surface area contributed by atoms with Gasteiger partial charge in [-0.05, 0) is 107 Å². The van der Waals surface area contributed by atoms with E-state index < -0.39 is 0 Å². The third-order valence-corrected chi connectivity index (χ3v) is 14.8. The Hall–Kier alpha value is -7.44. The van der Waals surface area contributed by atoms with Crippen LogP contribution in [0.25, 0.3) is 90.6 Å². The molecule has 2 heterocycles. The van der Waals surface area contributed by atoms with Gasteiger partial charge in [-0.3, -0.25) is 0 Å². The molecule has 9 aromatic rings. The highest BCUT2D eigenvalue weighted by atomic mass is 15.0. The zero-order chi connectivity index (χ0) is 42.2. The van der Waals surface area contributed by atoms with Crippen molar-refractivity contribution in [3.05, 3.63) is 193 Å². The van der Waals surface area contributed by atoms with Crippen molar-refractivity contribution in [3.63, 3.8) is 0 Å². The van der Waals surface area contributed by atoms with Gasteiger partial charge in [-0.15, -0.1) is 0 Å². The van der Waals surface area contributed by atoms with E-state index >= 15 is 0 Å². The molecule has 0 radical (unpaired) electrons. The van der Waals surface area contributed by atoms with E-state index in [0.29, 0.717) is 46.8 Å². The van der Waals surface area contributed by atoms with E-state index in [0.717, 1.165) is 50.8 Å². The summed E-state index contributed by atoms with van der Waals surface area (Å²) < 4.78 is 0. The van der Waals surface area contributed by atoms with Crippen molar-refractivity contribution < 1.29 is 0 Å². The van der Waals surface area contributed by atoms with E-state index in [4.69, 9.17) is 29.9 Å². The average molecular weight is 825 g/mol. The number of benzene rings is 7. The second kappa shape index (κ2) is 14.8. The molecular weight excluding hydrogens is 781 g/mol. The maximum atomic E-state index is 5.19. The van der Waals surface area contributed by atoms with Crippen LogP contribution in [0, 0.1) is 23.7 Å². The molecule has 0 unspecified atom stereocenters. The normalized spacial score (nSPS) is 21.2. The zero-order valence-electron chi connectivity index (χ0n) is 35.3. The van der Waals surface area contributed by atoms with Crippen molar-refractivity contribution in [2.75, 3.05) is 0 Å². The molecule has 0 atom stereocenters. The van der Waals surface area contributed by atoms with Gasteiger partial charge in [0.1, 0.15) is 0 Å². The number of fused-ring (bicyclic) bond motifs is 3. The fraction of sp³-hybridized carbons (Fsp3) is 0.172. The van der Waals surface area contributed by atoms with Crippen LogP contribution in [0.2, 0.25) is 0 Å². The zero-order valence-corrected chi connectivity index (χ0v) is 35.3. The van der Waals surface area contributed by atoms with E-state index in [-0.39, 0.29) is 5.41 Å². The highest BCUT2D eigenvalue weighted by Crippen LogP contribution is 2.69. The predicted molar refractivity (Wildman–Crippen MR) is 255 cm³/mol. The Morgan fingerprint density at radius 1 is 0.281 bits per heavy atom. The minimum atomic E-state index is -0.0292. The molecule has 306 valence electrons. The lowest BCUT2D eigenvalue weighted by molar-refractivity contribution is -0.0399. The topological polar surface area (TPSA) is 77.3 Å². The van der Waals surface area contributed by atoms with E-state index in [9.17, 15) is 0 Å². The lowest BCUT2D eigenvalue weighted by atomic mass is 9.43. The highest BCUT2D eigenvalue weighted by molar-refractivity contribution is 5.88. The summed E-state index contributed by atoms with van der Waals surface area (Å²) in [5, 5.41) is 0. The van der Waals surface area contributed by atoms with Crippen LogP contribution < -0.4 is 0 Å². The third kappa shape index (κ3) is 6.07. The van der Waals surface area contributed by atoms with Gasteiger partial charge in [0.2, 0.25) is 0 Å². The van der Waals surface area contributed by atoms with Gasteiger partial charge in [-0.25, -0.2) is 29.9 Å². The van der Waals surface area contributed by atoms with E-state index in [2.05, 4.69) is 109 Å². The largest absolute Gasteiger partial charge is 0.208 e. The van der Waals surface area contributed by atoms with Crippen LogP contribution in [0.4, 0.5) is 0 Å². The van der Waals surface area contributed by atoms with E-state index in [1.807, 2.05) is 72.8 Å². The van der Waals surface area contributed by atoms with Gasteiger partial charge in [0.25, 0.3) is 0 Å². The van der Waals surface area contributed by atoms with Crippen LogP contribution in [0.1, 0.15) is 43.2 Å². The van der Waals surface area contributed by atoms with Crippen LogP contribution in [-0.4, -0.2) is 29.9 Å². The quantitative estimate of drug-likeness (QED) is 0.159. The molecule has 5 aliphatic rings. The molecule has 64 heavy (non-hydrogen) atoms. The Bertz CT molecular complexity index is 3080. The van der Waals surface area contributed by atoms with Gasteiger partial charge >= 0.3 is 0 Å². The molecule has 0 aliphatic heterocycles. The number of rotatable bonds is 7. The number of aromatic nitrogens is 6. The molecule has 4 fully saturated rings. The summed E-state index contributed by atoms with van der Waals surface area (Å²) in [6.45, 7) is 0. The average Bonchev–Trinajstić information content (AvgIpc) is 3.65. The fourth-order valence-corrected chi connectivity index (χ4v) is 12.2. The summed E-state index contributed by atoms with van der Waals surface area (Å²) in [6, 6.07) is 64.1. The first-order valence-corrected chi connectivity index (χ1v) is 22.8. The molecule has 4 saturated carbocycles. The first-order chi connectivity index (χ1) is 31.6. The lowest BCUT2D eigenvalue weighted by Crippen LogP contribution is -2.55. The van der Waals surface area contributed by atoms with Gasteiger partial charge in [-0.2, -0.15) is 0 Å². The molecule has 5 aliphatic carbocycles. The van der Waals surface area contributed by atoms with E-state index in [1.165, 1.54) is 59.9 Å². The second-order valence-electron chi connectivity index (χ2n) is 18.4. The third-order valence-electron chi connectivity index (χ3n) is 14.8. The molecule has 0 saturated heterocycles. The second-order valence-corrected chi connectivity index (χ2v) is 18.4.